The molecule has 0 saturated carbocycles. The highest BCUT2D eigenvalue weighted by Gasteiger charge is 2.44. The summed E-state index contributed by atoms with van der Waals surface area (Å²) in [7, 11) is 0. The Kier molecular flexibility index (Phi) is 6.41. The maximum atomic E-state index is 13.6. The van der Waals surface area contributed by atoms with E-state index in [1.54, 1.807) is 0 Å². The van der Waals surface area contributed by atoms with Crippen LogP contribution in [-0.2, 0) is 9.63 Å². The molecule has 0 radical (unpaired) electrons. The van der Waals surface area contributed by atoms with Gasteiger partial charge in [0.25, 0.3) is 5.92 Å². The highest BCUT2D eigenvalue weighted by Crippen LogP contribution is 2.32. The SMILES string of the molecule is CC(C)C(=O)N1CCC(C2NOC(C3CCNC(N4CCC(F)(F)C4)C3)N2)CC1. The standard InChI is InChI=1S/C20H35F2N5O2/c1-13(2)19(28)26-8-4-14(5-9-26)17-24-18(29-25-17)15-3-7-23-16(11-15)27-10-6-20(21,22)12-27/h13-18,23-25H,3-12H2,1-2H3. The molecular weight excluding hydrogens is 380 g/mol. The Hall–Kier alpha value is -0.870. The van der Waals surface area contributed by atoms with Gasteiger partial charge in [-0.05, 0) is 38.1 Å². The smallest absolute Gasteiger partial charge is 0.261 e. The molecule has 4 heterocycles. The summed E-state index contributed by atoms with van der Waals surface area (Å²) < 4.78 is 27.2. The molecule has 0 bridgehead atoms. The normalized spacial score (nSPS) is 36.8. The van der Waals surface area contributed by atoms with E-state index in [0.29, 0.717) is 12.5 Å². The van der Waals surface area contributed by atoms with Crippen molar-refractivity contribution in [3.05, 3.63) is 0 Å². The molecule has 3 N–H and O–H groups in total. The molecule has 0 spiro atoms. The largest absolute Gasteiger partial charge is 0.342 e. The van der Waals surface area contributed by atoms with Crippen LogP contribution in [0.4, 0.5) is 8.78 Å². The fourth-order valence-electron chi connectivity index (χ4n) is 5.18. The molecule has 4 rings (SSSR count). The molecule has 0 aromatic heterocycles. The van der Waals surface area contributed by atoms with Crippen molar-refractivity contribution < 1.29 is 18.4 Å². The summed E-state index contributed by atoms with van der Waals surface area (Å²) in [5.74, 6) is -1.57. The Bertz CT molecular complexity index is 585. The summed E-state index contributed by atoms with van der Waals surface area (Å²) in [4.78, 5) is 21.9. The predicted octanol–water partition coefficient (Wildman–Crippen LogP) is 1.32. The Morgan fingerprint density at radius 1 is 1.14 bits per heavy atom. The van der Waals surface area contributed by atoms with Gasteiger partial charge in [-0.1, -0.05) is 13.8 Å². The van der Waals surface area contributed by atoms with Crippen molar-refractivity contribution in [1.82, 2.24) is 25.9 Å². The van der Waals surface area contributed by atoms with E-state index in [0.717, 1.165) is 45.3 Å². The number of alkyl halides is 2. The van der Waals surface area contributed by atoms with E-state index in [4.69, 9.17) is 4.84 Å². The molecule has 4 fully saturated rings. The lowest BCUT2D eigenvalue weighted by atomic mass is 9.91. The molecule has 7 nitrogen and oxygen atoms in total. The summed E-state index contributed by atoms with van der Waals surface area (Å²) in [6, 6.07) is 0. The van der Waals surface area contributed by atoms with Crippen LogP contribution < -0.4 is 16.1 Å². The average molecular weight is 416 g/mol. The van der Waals surface area contributed by atoms with Gasteiger partial charge in [0.05, 0.1) is 18.9 Å². The van der Waals surface area contributed by atoms with Crippen molar-refractivity contribution in [3.63, 3.8) is 0 Å². The van der Waals surface area contributed by atoms with Crippen molar-refractivity contribution in [1.29, 1.82) is 0 Å². The zero-order valence-corrected chi connectivity index (χ0v) is 17.5. The van der Waals surface area contributed by atoms with E-state index >= 15 is 0 Å². The first-order valence-electron chi connectivity index (χ1n) is 11.1. The highest BCUT2D eigenvalue weighted by molar-refractivity contribution is 5.78. The quantitative estimate of drug-likeness (QED) is 0.644. The first kappa shape index (κ1) is 21.4. The first-order chi connectivity index (χ1) is 13.8. The van der Waals surface area contributed by atoms with E-state index < -0.39 is 5.92 Å². The van der Waals surface area contributed by atoms with Gasteiger partial charge in [0.2, 0.25) is 5.91 Å². The van der Waals surface area contributed by atoms with E-state index in [1.165, 1.54) is 0 Å². The molecule has 4 aliphatic heterocycles. The van der Waals surface area contributed by atoms with E-state index in [1.807, 2.05) is 23.6 Å². The summed E-state index contributed by atoms with van der Waals surface area (Å²) in [5.41, 5.74) is 3.17. The Balaban J connectivity index is 1.25. The number of hydrogen-bond donors (Lipinski definition) is 3. The Morgan fingerprint density at radius 3 is 2.55 bits per heavy atom. The molecule has 4 saturated heterocycles. The van der Waals surface area contributed by atoms with Crippen molar-refractivity contribution in [3.8, 4) is 0 Å². The van der Waals surface area contributed by atoms with Gasteiger partial charge in [-0.15, -0.1) is 0 Å². The molecule has 0 aromatic rings. The maximum Gasteiger partial charge on any atom is 0.261 e. The molecule has 166 valence electrons. The number of halogens is 2. The molecule has 4 atom stereocenters. The van der Waals surface area contributed by atoms with Crippen molar-refractivity contribution in [2.24, 2.45) is 17.8 Å². The number of hydrogen-bond acceptors (Lipinski definition) is 6. The van der Waals surface area contributed by atoms with Gasteiger partial charge in [-0.3, -0.25) is 19.8 Å². The van der Waals surface area contributed by atoms with Crippen LogP contribution in [0.2, 0.25) is 0 Å². The monoisotopic (exact) mass is 415 g/mol. The van der Waals surface area contributed by atoms with Gasteiger partial charge in [0.1, 0.15) is 6.23 Å². The minimum absolute atomic E-state index is 0.00291. The number of carbonyl (C=O) groups is 1. The van der Waals surface area contributed by atoms with Crippen LogP contribution in [0.15, 0.2) is 0 Å². The van der Waals surface area contributed by atoms with Crippen LogP contribution in [0.3, 0.4) is 0 Å². The fraction of sp³-hybridized carbons (Fsp3) is 0.950. The number of hydroxylamine groups is 1. The highest BCUT2D eigenvalue weighted by atomic mass is 19.3. The zero-order valence-electron chi connectivity index (χ0n) is 17.5. The van der Waals surface area contributed by atoms with Crippen LogP contribution in [0, 0.1) is 17.8 Å². The van der Waals surface area contributed by atoms with Crippen LogP contribution in [0.1, 0.15) is 46.0 Å². The lowest BCUT2D eigenvalue weighted by Gasteiger charge is -2.38. The van der Waals surface area contributed by atoms with Crippen LogP contribution in [-0.4, -0.2) is 72.9 Å². The van der Waals surface area contributed by atoms with Gasteiger partial charge in [0.15, 0.2) is 0 Å². The maximum absolute atomic E-state index is 13.6. The minimum Gasteiger partial charge on any atom is -0.342 e. The molecule has 4 unspecified atom stereocenters. The van der Waals surface area contributed by atoms with Crippen molar-refractivity contribution in [2.45, 2.75) is 70.4 Å². The van der Waals surface area contributed by atoms with E-state index in [2.05, 4.69) is 16.1 Å². The van der Waals surface area contributed by atoms with Gasteiger partial charge in [-0.2, -0.15) is 5.48 Å². The number of carbonyl (C=O) groups excluding carboxylic acids is 1. The number of nitrogens with zero attached hydrogens (tertiary/aromatic N) is 2. The molecule has 9 heteroatoms. The zero-order chi connectivity index (χ0) is 20.6. The van der Waals surface area contributed by atoms with Gasteiger partial charge in [-0.25, -0.2) is 8.78 Å². The van der Waals surface area contributed by atoms with Crippen molar-refractivity contribution in [2.75, 3.05) is 32.7 Å². The number of nitrogens with one attached hydrogen (secondary N) is 3. The Labute approximate surface area is 171 Å². The summed E-state index contributed by atoms with van der Waals surface area (Å²) >= 11 is 0. The second kappa shape index (κ2) is 8.70. The third kappa shape index (κ3) is 4.90. The number of rotatable bonds is 4. The molecule has 4 aliphatic rings. The lowest BCUT2D eigenvalue weighted by Crippen LogP contribution is -2.53. The van der Waals surface area contributed by atoms with E-state index in [-0.39, 0.29) is 49.3 Å². The van der Waals surface area contributed by atoms with Gasteiger partial charge in [0, 0.05) is 37.9 Å². The van der Waals surface area contributed by atoms with Gasteiger partial charge < -0.3 is 10.2 Å². The molecule has 0 aliphatic carbocycles. The van der Waals surface area contributed by atoms with Crippen LogP contribution in [0.5, 0.6) is 0 Å². The van der Waals surface area contributed by atoms with E-state index in [9.17, 15) is 13.6 Å². The van der Waals surface area contributed by atoms with Crippen LogP contribution >= 0.6 is 0 Å². The average Bonchev–Trinajstić information content (AvgIpc) is 3.34. The molecular formula is C20H35F2N5O2. The summed E-state index contributed by atoms with van der Waals surface area (Å²) in [6.07, 6.45) is 3.63. The number of amides is 1. The van der Waals surface area contributed by atoms with Gasteiger partial charge >= 0.3 is 0 Å². The fourth-order valence-corrected chi connectivity index (χ4v) is 5.18. The predicted molar refractivity (Wildman–Crippen MR) is 105 cm³/mol. The molecule has 29 heavy (non-hydrogen) atoms. The van der Waals surface area contributed by atoms with Crippen LogP contribution in [0.25, 0.3) is 0 Å². The summed E-state index contributed by atoms with van der Waals surface area (Å²) in [6.45, 7) is 6.61. The second-order valence-corrected chi connectivity index (χ2v) is 9.45. The lowest BCUT2D eigenvalue weighted by molar-refractivity contribution is -0.136. The number of piperidine rings is 2. The molecule has 1 amide bonds. The van der Waals surface area contributed by atoms with Crippen molar-refractivity contribution >= 4 is 5.91 Å². The summed E-state index contributed by atoms with van der Waals surface area (Å²) in [5, 5.41) is 7.00. The first-order valence-corrected chi connectivity index (χ1v) is 11.1. The second-order valence-electron chi connectivity index (χ2n) is 9.45. The topological polar surface area (TPSA) is 68.9 Å². The minimum atomic E-state index is -2.56. The number of likely N-dealkylation sites (tertiary alicyclic amines) is 2. The third-order valence-corrected chi connectivity index (χ3v) is 6.97. The molecule has 0 aromatic carbocycles. The third-order valence-electron chi connectivity index (χ3n) is 6.97. The Morgan fingerprint density at radius 2 is 1.90 bits per heavy atom.